The van der Waals surface area contributed by atoms with Gasteiger partial charge in [0.1, 0.15) is 17.1 Å². The molecule has 0 atom stereocenters. The Labute approximate surface area is 104 Å². The van der Waals surface area contributed by atoms with E-state index in [1.807, 2.05) is 0 Å². The zero-order valence-corrected chi connectivity index (χ0v) is 9.85. The van der Waals surface area contributed by atoms with Crippen molar-refractivity contribution in [2.24, 2.45) is 5.73 Å². The normalized spacial score (nSPS) is 17.3. The van der Waals surface area contributed by atoms with Gasteiger partial charge < -0.3 is 16.2 Å². The van der Waals surface area contributed by atoms with Crippen LogP contribution in [-0.4, -0.2) is 27.5 Å². The third-order valence-corrected chi connectivity index (χ3v) is 3.24. The van der Waals surface area contributed by atoms with Gasteiger partial charge >= 0.3 is 5.97 Å². The minimum atomic E-state index is -0.969. The Morgan fingerprint density at radius 1 is 1.33 bits per heavy atom. The average Bonchev–Trinajstić information content (AvgIpc) is 2.79. The largest absolute Gasteiger partial charge is 0.480 e. The quantitative estimate of drug-likeness (QED) is 0.738. The lowest BCUT2D eigenvalue weighted by atomic mass is 9.98. The number of carboxylic acids is 1. The summed E-state index contributed by atoms with van der Waals surface area (Å²) in [6.07, 6.45) is 2.86. The van der Waals surface area contributed by atoms with Gasteiger partial charge in [-0.3, -0.25) is 4.79 Å². The van der Waals surface area contributed by atoms with Gasteiger partial charge in [-0.05, 0) is 25.0 Å². The first-order valence-electron chi connectivity index (χ1n) is 5.82. The van der Waals surface area contributed by atoms with E-state index in [0.29, 0.717) is 18.7 Å². The molecule has 1 heterocycles. The molecule has 1 amide bonds. The molecule has 0 radical (unpaired) electrons. The maximum atomic E-state index is 11.4. The first kappa shape index (κ1) is 12.3. The number of amides is 1. The number of carbonyl (C=O) groups is 2. The van der Waals surface area contributed by atoms with Crippen LogP contribution in [0.15, 0.2) is 18.2 Å². The second kappa shape index (κ2) is 4.64. The summed E-state index contributed by atoms with van der Waals surface area (Å²) in [5.74, 6) is -1.14. The first-order chi connectivity index (χ1) is 8.53. The number of anilines is 1. The lowest BCUT2D eigenvalue weighted by molar-refractivity contribution is -0.142. The molecule has 0 spiro atoms. The molecule has 6 nitrogen and oxygen atoms in total. The number of hydrogen-bond acceptors (Lipinski definition) is 4. The third kappa shape index (κ3) is 2.27. The molecule has 1 fully saturated rings. The molecule has 0 aliphatic heterocycles. The molecule has 0 unspecified atom stereocenters. The standard InChI is InChI=1S/C12H15N3O3/c13-10(16)8-4-3-5-9(14-8)15-12(11(17)18)6-1-2-7-12/h3-5H,1-2,6-7H2,(H2,13,16)(H,14,15)(H,17,18). The summed E-state index contributed by atoms with van der Waals surface area (Å²) in [6.45, 7) is 0. The summed E-state index contributed by atoms with van der Waals surface area (Å²) in [5.41, 5.74) is 4.29. The number of primary amides is 1. The van der Waals surface area contributed by atoms with E-state index in [2.05, 4.69) is 10.3 Å². The van der Waals surface area contributed by atoms with Crippen LogP contribution >= 0.6 is 0 Å². The molecule has 1 aromatic rings. The van der Waals surface area contributed by atoms with Crippen LogP contribution in [0.3, 0.4) is 0 Å². The van der Waals surface area contributed by atoms with E-state index in [4.69, 9.17) is 5.73 Å². The Balaban J connectivity index is 2.24. The number of hydrogen-bond donors (Lipinski definition) is 3. The van der Waals surface area contributed by atoms with E-state index in [1.165, 1.54) is 6.07 Å². The molecule has 96 valence electrons. The highest BCUT2D eigenvalue weighted by Gasteiger charge is 2.41. The predicted molar refractivity (Wildman–Crippen MR) is 65.2 cm³/mol. The summed E-state index contributed by atoms with van der Waals surface area (Å²) < 4.78 is 0. The van der Waals surface area contributed by atoms with E-state index in [1.54, 1.807) is 12.1 Å². The highest BCUT2D eigenvalue weighted by Crippen LogP contribution is 2.32. The zero-order chi connectivity index (χ0) is 13.2. The Morgan fingerprint density at radius 2 is 2.00 bits per heavy atom. The van der Waals surface area contributed by atoms with Gasteiger partial charge in [0.25, 0.3) is 5.91 Å². The molecule has 0 saturated heterocycles. The van der Waals surface area contributed by atoms with Gasteiger partial charge in [0.05, 0.1) is 0 Å². The molecule has 6 heteroatoms. The molecule has 0 bridgehead atoms. The monoisotopic (exact) mass is 249 g/mol. The molecule has 0 aromatic carbocycles. The smallest absolute Gasteiger partial charge is 0.329 e. The molecule has 1 aromatic heterocycles. The molecule has 18 heavy (non-hydrogen) atoms. The van der Waals surface area contributed by atoms with Crippen molar-refractivity contribution in [3.63, 3.8) is 0 Å². The number of nitrogens with zero attached hydrogens (tertiary/aromatic N) is 1. The van der Waals surface area contributed by atoms with Crippen LogP contribution in [0.5, 0.6) is 0 Å². The fraction of sp³-hybridized carbons (Fsp3) is 0.417. The van der Waals surface area contributed by atoms with Crippen LogP contribution in [0.25, 0.3) is 0 Å². The van der Waals surface area contributed by atoms with Crippen molar-refractivity contribution in [1.82, 2.24) is 4.98 Å². The maximum absolute atomic E-state index is 11.4. The first-order valence-corrected chi connectivity index (χ1v) is 5.82. The number of aromatic nitrogens is 1. The summed E-state index contributed by atoms with van der Waals surface area (Å²) in [6, 6.07) is 4.75. The summed E-state index contributed by atoms with van der Waals surface area (Å²) >= 11 is 0. The molecule has 1 aliphatic rings. The Kier molecular flexibility index (Phi) is 3.18. The van der Waals surface area contributed by atoms with Crippen LogP contribution in [-0.2, 0) is 4.79 Å². The second-order valence-corrected chi connectivity index (χ2v) is 4.49. The van der Waals surface area contributed by atoms with E-state index >= 15 is 0 Å². The number of nitrogens with one attached hydrogen (secondary N) is 1. The molecular weight excluding hydrogens is 234 g/mol. The van der Waals surface area contributed by atoms with Crippen molar-refractivity contribution in [2.45, 2.75) is 31.2 Å². The zero-order valence-electron chi connectivity index (χ0n) is 9.85. The van der Waals surface area contributed by atoms with E-state index in [-0.39, 0.29) is 5.69 Å². The topological polar surface area (TPSA) is 105 Å². The van der Waals surface area contributed by atoms with Gasteiger partial charge in [0, 0.05) is 0 Å². The summed E-state index contributed by atoms with van der Waals surface area (Å²) in [7, 11) is 0. The van der Waals surface area contributed by atoms with E-state index in [9.17, 15) is 14.7 Å². The van der Waals surface area contributed by atoms with Gasteiger partial charge in [0.2, 0.25) is 0 Å². The number of nitrogens with two attached hydrogens (primary N) is 1. The maximum Gasteiger partial charge on any atom is 0.329 e. The van der Waals surface area contributed by atoms with Crippen molar-refractivity contribution in [3.8, 4) is 0 Å². The number of carbonyl (C=O) groups excluding carboxylic acids is 1. The van der Waals surface area contributed by atoms with Gasteiger partial charge in [-0.2, -0.15) is 0 Å². The third-order valence-electron chi connectivity index (χ3n) is 3.24. The van der Waals surface area contributed by atoms with Crippen molar-refractivity contribution < 1.29 is 14.7 Å². The number of carboxylic acid groups (broad SMARTS) is 1. The van der Waals surface area contributed by atoms with Crippen molar-refractivity contribution >= 4 is 17.7 Å². The van der Waals surface area contributed by atoms with Crippen molar-refractivity contribution in [2.75, 3.05) is 5.32 Å². The van der Waals surface area contributed by atoms with Crippen LogP contribution < -0.4 is 11.1 Å². The summed E-state index contributed by atoms with van der Waals surface area (Å²) in [4.78, 5) is 26.4. The highest BCUT2D eigenvalue weighted by molar-refractivity contribution is 5.91. The fourth-order valence-electron chi connectivity index (χ4n) is 2.26. The van der Waals surface area contributed by atoms with Crippen molar-refractivity contribution in [1.29, 1.82) is 0 Å². The van der Waals surface area contributed by atoms with Crippen LogP contribution in [0.2, 0.25) is 0 Å². The number of pyridine rings is 1. The van der Waals surface area contributed by atoms with Crippen molar-refractivity contribution in [3.05, 3.63) is 23.9 Å². The lowest BCUT2D eigenvalue weighted by Gasteiger charge is -2.26. The Bertz CT molecular complexity index is 481. The molecule has 2 rings (SSSR count). The molecular formula is C12H15N3O3. The van der Waals surface area contributed by atoms with Crippen LogP contribution in [0, 0.1) is 0 Å². The Morgan fingerprint density at radius 3 is 2.56 bits per heavy atom. The minimum absolute atomic E-state index is 0.124. The van der Waals surface area contributed by atoms with Gasteiger partial charge in [-0.1, -0.05) is 18.9 Å². The Hall–Kier alpha value is -2.11. The predicted octanol–water partition coefficient (Wildman–Crippen LogP) is 0.990. The average molecular weight is 249 g/mol. The number of aliphatic carboxylic acids is 1. The van der Waals surface area contributed by atoms with Crippen LogP contribution in [0.1, 0.15) is 36.2 Å². The molecule has 4 N–H and O–H groups in total. The van der Waals surface area contributed by atoms with E-state index < -0.39 is 17.4 Å². The SMILES string of the molecule is NC(=O)c1cccc(NC2(C(=O)O)CCCC2)n1. The van der Waals surface area contributed by atoms with Gasteiger partial charge in [-0.15, -0.1) is 0 Å². The second-order valence-electron chi connectivity index (χ2n) is 4.49. The lowest BCUT2D eigenvalue weighted by Crippen LogP contribution is -2.44. The highest BCUT2D eigenvalue weighted by atomic mass is 16.4. The van der Waals surface area contributed by atoms with E-state index in [0.717, 1.165) is 12.8 Å². The van der Waals surface area contributed by atoms with Crippen LogP contribution in [0.4, 0.5) is 5.82 Å². The molecule has 1 saturated carbocycles. The van der Waals surface area contributed by atoms with Gasteiger partial charge in [-0.25, -0.2) is 9.78 Å². The minimum Gasteiger partial charge on any atom is -0.480 e. The number of rotatable bonds is 4. The summed E-state index contributed by atoms with van der Waals surface area (Å²) in [5, 5.41) is 12.3. The van der Waals surface area contributed by atoms with Gasteiger partial charge in [0.15, 0.2) is 0 Å². The fourth-order valence-corrected chi connectivity index (χ4v) is 2.26. The molecule has 1 aliphatic carbocycles.